The van der Waals surface area contributed by atoms with E-state index < -0.39 is 0 Å². The highest BCUT2D eigenvalue weighted by atomic mass is 32.1. The van der Waals surface area contributed by atoms with Gasteiger partial charge in [0.05, 0.1) is 23.2 Å². The summed E-state index contributed by atoms with van der Waals surface area (Å²) >= 11 is 1.41. The van der Waals surface area contributed by atoms with Gasteiger partial charge in [-0.05, 0) is 35.6 Å². The van der Waals surface area contributed by atoms with Crippen LogP contribution >= 0.6 is 11.3 Å². The van der Waals surface area contributed by atoms with E-state index in [9.17, 15) is 9.59 Å². The van der Waals surface area contributed by atoms with Crippen molar-refractivity contribution in [3.63, 3.8) is 0 Å². The summed E-state index contributed by atoms with van der Waals surface area (Å²) in [5, 5.41) is 4.75. The van der Waals surface area contributed by atoms with Gasteiger partial charge in [-0.3, -0.25) is 9.59 Å². The van der Waals surface area contributed by atoms with E-state index in [0.29, 0.717) is 23.5 Å². The van der Waals surface area contributed by atoms with Gasteiger partial charge in [-0.1, -0.05) is 36.4 Å². The van der Waals surface area contributed by atoms with E-state index in [-0.39, 0.29) is 11.8 Å². The van der Waals surface area contributed by atoms with Gasteiger partial charge < -0.3 is 15.1 Å². The molecule has 1 N–H and O–H groups in total. The monoisotopic (exact) mass is 420 g/mol. The highest BCUT2D eigenvalue weighted by molar-refractivity contribution is 7.12. The Bertz CT molecular complexity index is 974. The molecule has 0 spiro atoms. The summed E-state index contributed by atoms with van der Waals surface area (Å²) in [6.45, 7) is 3.04. The van der Waals surface area contributed by atoms with Crippen LogP contribution in [0.2, 0.25) is 0 Å². The van der Waals surface area contributed by atoms with E-state index in [2.05, 4.69) is 15.2 Å². The van der Waals surface area contributed by atoms with Crippen molar-refractivity contribution in [2.45, 2.75) is 12.8 Å². The number of nitrogens with zero attached hydrogens (tertiary/aromatic N) is 3. The first-order valence-electron chi connectivity index (χ1n) is 10.1. The number of anilines is 2. The van der Waals surface area contributed by atoms with Gasteiger partial charge in [0.15, 0.2) is 0 Å². The Morgan fingerprint density at radius 3 is 2.57 bits per heavy atom. The predicted octanol–water partition coefficient (Wildman–Crippen LogP) is 3.68. The van der Waals surface area contributed by atoms with E-state index in [0.717, 1.165) is 37.4 Å². The summed E-state index contributed by atoms with van der Waals surface area (Å²) in [5.74, 6) is 0.908. The molecular weight excluding hydrogens is 396 g/mol. The number of thiophene rings is 1. The molecule has 0 atom stereocenters. The zero-order valence-corrected chi connectivity index (χ0v) is 17.5. The summed E-state index contributed by atoms with van der Waals surface area (Å²) < 4.78 is 0. The average Bonchev–Trinajstić information content (AvgIpc) is 3.20. The minimum atomic E-state index is -0.123. The first kappa shape index (κ1) is 20.1. The quantitative estimate of drug-likeness (QED) is 0.684. The Balaban J connectivity index is 1.32. The maximum absolute atomic E-state index is 12.7. The maximum atomic E-state index is 12.7. The third kappa shape index (κ3) is 5.04. The molecule has 1 fully saturated rings. The molecule has 0 unspecified atom stereocenters. The Morgan fingerprint density at radius 2 is 1.83 bits per heavy atom. The lowest BCUT2D eigenvalue weighted by Gasteiger charge is -2.23. The Kier molecular flexibility index (Phi) is 6.39. The van der Waals surface area contributed by atoms with Gasteiger partial charge in [-0.15, -0.1) is 11.3 Å². The summed E-state index contributed by atoms with van der Waals surface area (Å²) in [6, 6.07) is 17.3. The van der Waals surface area contributed by atoms with Crippen LogP contribution in [0.3, 0.4) is 0 Å². The molecule has 2 aromatic heterocycles. The zero-order valence-electron chi connectivity index (χ0n) is 16.7. The molecule has 7 heteroatoms. The molecule has 3 aromatic rings. The van der Waals surface area contributed by atoms with E-state index in [1.807, 2.05) is 58.8 Å². The Hall–Kier alpha value is -3.19. The van der Waals surface area contributed by atoms with Crippen LogP contribution in [-0.2, 0) is 11.2 Å². The van der Waals surface area contributed by atoms with Crippen LogP contribution in [0.1, 0.15) is 21.7 Å². The molecule has 2 amide bonds. The largest absolute Gasteiger partial charge is 0.355 e. The second-order valence-electron chi connectivity index (χ2n) is 7.22. The van der Waals surface area contributed by atoms with Crippen LogP contribution in [0.15, 0.2) is 66.2 Å². The summed E-state index contributed by atoms with van der Waals surface area (Å²) in [7, 11) is 0. The first-order chi connectivity index (χ1) is 14.7. The molecular formula is C23H24N4O2S. The van der Waals surface area contributed by atoms with Crippen molar-refractivity contribution >= 4 is 34.7 Å². The molecule has 1 saturated heterocycles. The second kappa shape index (κ2) is 9.54. The number of pyridine rings is 1. The topological polar surface area (TPSA) is 65.5 Å². The Labute approximate surface area is 180 Å². The molecule has 30 heavy (non-hydrogen) atoms. The fraction of sp³-hybridized carbons (Fsp3) is 0.261. The third-order valence-corrected chi connectivity index (χ3v) is 5.99. The second-order valence-corrected chi connectivity index (χ2v) is 8.17. The standard InChI is InChI=1S/C23H24N4O2S/c28-22(16-18-6-2-1-3-7-18)27-12-5-11-26(13-14-27)21-10-9-19(17-24-21)25-23(29)20-8-4-15-30-20/h1-4,6-10,15,17H,5,11-14,16H2,(H,25,29). The molecule has 0 saturated carbocycles. The minimum Gasteiger partial charge on any atom is -0.355 e. The van der Waals surface area contributed by atoms with Gasteiger partial charge in [0.1, 0.15) is 5.82 Å². The number of aromatic nitrogens is 1. The van der Waals surface area contributed by atoms with Crippen molar-refractivity contribution in [3.05, 3.63) is 76.6 Å². The molecule has 4 rings (SSSR count). The lowest BCUT2D eigenvalue weighted by atomic mass is 10.1. The predicted molar refractivity (Wildman–Crippen MR) is 120 cm³/mol. The molecule has 1 aliphatic heterocycles. The number of nitrogens with one attached hydrogen (secondary N) is 1. The van der Waals surface area contributed by atoms with Gasteiger partial charge in [-0.2, -0.15) is 0 Å². The van der Waals surface area contributed by atoms with Gasteiger partial charge in [0.25, 0.3) is 5.91 Å². The highest BCUT2D eigenvalue weighted by Gasteiger charge is 2.20. The van der Waals surface area contributed by atoms with Crippen molar-refractivity contribution in [2.24, 2.45) is 0 Å². The van der Waals surface area contributed by atoms with E-state index in [1.165, 1.54) is 11.3 Å². The van der Waals surface area contributed by atoms with Gasteiger partial charge in [-0.25, -0.2) is 4.98 Å². The summed E-state index contributed by atoms with van der Waals surface area (Å²) in [4.78, 5) is 34.2. The number of hydrogen-bond donors (Lipinski definition) is 1. The van der Waals surface area contributed by atoms with Crippen molar-refractivity contribution in [3.8, 4) is 0 Å². The van der Waals surface area contributed by atoms with Crippen LogP contribution in [0.4, 0.5) is 11.5 Å². The SMILES string of the molecule is O=C(Nc1ccc(N2CCCN(C(=O)Cc3ccccc3)CC2)nc1)c1cccs1. The zero-order chi connectivity index (χ0) is 20.8. The fourth-order valence-electron chi connectivity index (χ4n) is 3.53. The number of benzene rings is 1. The average molecular weight is 421 g/mol. The van der Waals surface area contributed by atoms with Crippen LogP contribution in [-0.4, -0.2) is 47.9 Å². The molecule has 1 aromatic carbocycles. The smallest absolute Gasteiger partial charge is 0.265 e. The van der Waals surface area contributed by atoms with Gasteiger partial charge in [0, 0.05) is 26.2 Å². The van der Waals surface area contributed by atoms with Crippen LogP contribution in [0, 0.1) is 0 Å². The Morgan fingerprint density at radius 1 is 0.967 bits per heavy atom. The lowest BCUT2D eigenvalue weighted by Crippen LogP contribution is -2.36. The van der Waals surface area contributed by atoms with Crippen LogP contribution in [0.5, 0.6) is 0 Å². The van der Waals surface area contributed by atoms with Crippen molar-refractivity contribution in [1.82, 2.24) is 9.88 Å². The number of carbonyl (C=O) groups excluding carboxylic acids is 2. The number of carbonyl (C=O) groups is 2. The molecule has 1 aliphatic rings. The first-order valence-corrected chi connectivity index (χ1v) is 10.9. The molecule has 6 nitrogen and oxygen atoms in total. The number of rotatable bonds is 5. The molecule has 0 radical (unpaired) electrons. The van der Waals surface area contributed by atoms with E-state index in [1.54, 1.807) is 12.3 Å². The number of hydrogen-bond acceptors (Lipinski definition) is 5. The molecule has 0 aliphatic carbocycles. The maximum Gasteiger partial charge on any atom is 0.265 e. The highest BCUT2D eigenvalue weighted by Crippen LogP contribution is 2.18. The molecule has 0 bridgehead atoms. The molecule has 154 valence electrons. The van der Waals surface area contributed by atoms with Crippen LogP contribution < -0.4 is 10.2 Å². The van der Waals surface area contributed by atoms with E-state index in [4.69, 9.17) is 0 Å². The molecule has 3 heterocycles. The minimum absolute atomic E-state index is 0.123. The van der Waals surface area contributed by atoms with Crippen molar-refractivity contribution < 1.29 is 9.59 Å². The fourth-order valence-corrected chi connectivity index (χ4v) is 4.14. The van der Waals surface area contributed by atoms with Crippen LogP contribution in [0.25, 0.3) is 0 Å². The van der Waals surface area contributed by atoms with Gasteiger partial charge in [0.2, 0.25) is 5.91 Å². The normalized spacial score (nSPS) is 14.3. The van der Waals surface area contributed by atoms with Crippen molar-refractivity contribution in [1.29, 1.82) is 0 Å². The van der Waals surface area contributed by atoms with Gasteiger partial charge >= 0.3 is 0 Å². The lowest BCUT2D eigenvalue weighted by molar-refractivity contribution is -0.130. The van der Waals surface area contributed by atoms with Crippen molar-refractivity contribution in [2.75, 3.05) is 36.4 Å². The summed E-state index contributed by atoms with van der Waals surface area (Å²) in [6.07, 6.45) is 3.03. The number of amides is 2. The third-order valence-electron chi connectivity index (χ3n) is 5.12. The summed E-state index contributed by atoms with van der Waals surface area (Å²) in [5.41, 5.74) is 1.72. The van der Waals surface area contributed by atoms with E-state index >= 15 is 0 Å².